The van der Waals surface area contributed by atoms with Gasteiger partial charge in [0.2, 0.25) is 5.88 Å². The number of halogens is 1. The Labute approximate surface area is 104 Å². The molecule has 2 aromatic rings. The largest absolute Gasteiger partial charge is 0.497 e. The molecule has 0 aliphatic rings. The fraction of sp³-hybridized carbons (Fsp3) is 0.167. The van der Waals surface area contributed by atoms with Crippen LogP contribution in [0.15, 0.2) is 36.7 Å². The van der Waals surface area contributed by atoms with Crippen LogP contribution in [0, 0.1) is 0 Å². The molecule has 0 saturated heterocycles. The van der Waals surface area contributed by atoms with Crippen molar-refractivity contribution in [3.05, 3.63) is 42.4 Å². The van der Waals surface area contributed by atoms with Crippen LogP contribution in [-0.2, 0) is 5.88 Å². The summed E-state index contributed by atoms with van der Waals surface area (Å²) in [6, 6.07) is 7.28. The van der Waals surface area contributed by atoms with Gasteiger partial charge in [-0.05, 0) is 12.1 Å². The van der Waals surface area contributed by atoms with Crippen LogP contribution < -0.4 is 9.47 Å². The third kappa shape index (κ3) is 3.07. The van der Waals surface area contributed by atoms with E-state index >= 15 is 0 Å². The molecule has 17 heavy (non-hydrogen) atoms. The van der Waals surface area contributed by atoms with Crippen molar-refractivity contribution in [2.45, 2.75) is 5.88 Å². The summed E-state index contributed by atoms with van der Waals surface area (Å²) in [5, 5.41) is 0. The first-order valence-electron chi connectivity index (χ1n) is 5.00. The molecule has 0 aliphatic carbocycles. The SMILES string of the molecule is COc1cccc(Oc2cnc(CCl)cn2)c1. The Morgan fingerprint density at radius 1 is 1.18 bits per heavy atom. The minimum Gasteiger partial charge on any atom is -0.497 e. The molecule has 0 saturated carbocycles. The van der Waals surface area contributed by atoms with E-state index in [0.717, 1.165) is 5.75 Å². The molecule has 0 atom stereocenters. The molecule has 5 heteroatoms. The standard InChI is InChI=1S/C12H11ClN2O2/c1-16-10-3-2-4-11(5-10)17-12-8-14-9(6-13)7-15-12/h2-5,7-8H,6H2,1H3. The minimum atomic E-state index is 0.340. The fourth-order valence-electron chi connectivity index (χ4n) is 1.25. The lowest BCUT2D eigenvalue weighted by atomic mass is 10.3. The Morgan fingerprint density at radius 2 is 2.00 bits per heavy atom. The van der Waals surface area contributed by atoms with Gasteiger partial charge in [-0.2, -0.15) is 0 Å². The number of alkyl halides is 1. The van der Waals surface area contributed by atoms with E-state index in [1.54, 1.807) is 19.4 Å². The Morgan fingerprint density at radius 3 is 2.65 bits per heavy atom. The lowest BCUT2D eigenvalue weighted by Gasteiger charge is -2.06. The summed E-state index contributed by atoms with van der Waals surface area (Å²) in [7, 11) is 1.61. The molecule has 0 amide bonds. The molecule has 0 bridgehead atoms. The number of hydrogen-bond acceptors (Lipinski definition) is 4. The van der Waals surface area contributed by atoms with Crippen LogP contribution in [0.1, 0.15) is 5.69 Å². The summed E-state index contributed by atoms with van der Waals surface area (Å²) in [6.45, 7) is 0. The van der Waals surface area contributed by atoms with E-state index in [1.165, 1.54) is 6.20 Å². The molecule has 0 unspecified atom stereocenters. The van der Waals surface area contributed by atoms with E-state index in [9.17, 15) is 0 Å². The van der Waals surface area contributed by atoms with Gasteiger partial charge in [-0.15, -0.1) is 11.6 Å². The zero-order chi connectivity index (χ0) is 12.1. The normalized spacial score (nSPS) is 10.0. The maximum Gasteiger partial charge on any atom is 0.237 e. The molecule has 1 aromatic heterocycles. The topological polar surface area (TPSA) is 44.2 Å². The van der Waals surface area contributed by atoms with Gasteiger partial charge in [0.1, 0.15) is 11.5 Å². The average molecular weight is 251 g/mol. The summed E-state index contributed by atoms with van der Waals surface area (Å²) in [6.07, 6.45) is 3.12. The van der Waals surface area contributed by atoms with Crippen molar-refractivity contribution in [3.63, 3.8) is 0 Å². The Kier molecular flexibility index (Phi) is 3.77. The van der Waals surface area contributed by atoms with Crippen LogP contribution in [0.4, 0.5) is 0 Å². The van der Waals surface area contributed by atoms with Gasteiger partial charge in [-0.1, -0.05) is 6.07 Å². The second-order valence-corrected chi connectivity index (χ2v) is 3.53. The second-order valence-electron chi connectivity index (χ2n) is 3.26. The van der Waals surface area contributed by atoms with Crippen molar-refractivity contribution in [2.75, 3.05) is 7.11 Å². The molecular formula is C12H11ClN2O2. The number of methoxy groups -OCH3 is 1. The molecule has 1 heterocycles. The molecule has 0 spiro atoms. The van der Waals surface area contributed by atoms with Crippen LogP contribution >= 0.6 is 11.6 Å². The number of rotatable bonds is 4. The van der Waals surface area contributed by atoms with Crippen LogP contribution in [-0.4, -0.2) is 17.1 Å². The highest BCUT2D eigenvalue weighted by molar-refractivity contribution is 6.16. The highest BCUT2D eigenvalue weighted by Crippen LogP contribution is 2.23. The molecule has 0 N–H and O–H groups in total. The number of hydrogen-bond donors (Lipinski definition) is 0. The molecule has 0 fully saturated rings. The first-order chi connectivity index (χ1) is 8.31. The van der Waals surface area contributed by atoms with E-state index < -0.39 is 0 Å². The van der Waals surface area contributed by atoms with Crippen molar-refractivity contribution in [3.8, 4) is 17.4 Å². The smallest absolute Gasteiger partial charge is 0.237 e. The third-order valence-electron chi connectivity index (χ3n) is 2.08. The second kappa shape index (κ2) is 5.50. The van der Waals surface area contributed by atoms with Crippen molar-refractivity contribution in [1.82, 2.24) is 9.97 Å². The van der Waals surface area contributed by atoms with Gasteiger partial charge in [-0.3, -0.25) is 4.98 Å². The number of benzene rings is 1. The first-order valence-corrected chi connectivity index (χ1v) is 5.54. The van der Waals surface area contributed by atoms with Gasteiger partial charge in [0.25, 0.3) is 0 Å². The fourth-order valence-corrected chi connectivity index (χ4v) is 1.39. The Hall–Kier alpha value is -1.81. The maximum absolute atomic E-state index is 5.62. The van der Waals surface area contributed by atoms with E-state index in [4.69, 9.17) is 21.1 Å². The number of nitrogens with zero attached hydrogens (tertiary/aromatic N) is 2. The monoisotopic (exact) mass is 250 g/mol. The highest BCUT2D eigenvalue weighted by Gasteiger charge is 2.01. The van der Waals surface area contributed by atoms with Crippen LogP contribution in [0.3, 0.4) is 0 Å². The lowest BCUT2D eigenvalue weighted by molar-refractivity contribution is 0.407. The van der Waals surface area contributed by atoms with Gasteiger partial charge in [-0.25, -0.2) is 4.98 Å². The van der Waals surface area contributed by atoms with E-state index in [1.807, 2.05) is 18.2 Å². The number of aromatic nitrogens is 2. The third-order valence-corrected chi connectivity index (χ3v) is 2.36. The predicted molar refractivity (Wildman–Crippen MR) is 64.7 cm³/mol. The molecule has 88 valence electrons. The summed E-state index contributed by atoms with van der Waals surface area (Å²) in [5.41, 5.74) is 0.713. The van der Waals surface area contributed by atoms with E-state index in [2.05, 4.69) is 9.97 Å². The summed E-state index contributed by atoms with van der Waals surface area (Å²) in [5.74, 6) is 2.14. The molecule has 2 rings (SSSR count). The lowest BCUT2D eigenvalue weighted by Crippen LogP contribution is -1.92. The van der Waals surface area contributed by atoms with Crippen molar-refractivity contribution >= 4 is 11.6 Å². The average Bonchev–Trinajstić information content (AvgIpc) is 2.40. The van der Waals surface area contributed by atoms with E-state index in [0.29, 0.717) is 23.2 Å². The Bertz CT molecular complexity index is 488. The first kappa shape index (κ1) is 11.7. The molecule has 0 radical (unpaired) electrons. The van der Waals surface area contributed by atoms with Crippen LogP contribution in [0.5, 0.6) is 17.4 Å². The van der Waals surface area contributed by atoms with Gasteiger partial charge < -0.3 is 9.47 Å². The molecular weight excluding hydrogens is 240 g/mol. The maximum atomic E-state index is 5.62. The van der Waals surface area contributed by atoms with Gasteiger partial charge in [0.15, 0.2) is 0 Å². The van der Waals surface area contributed by atoms with Crippen molar-refractivity contribution < 1.29 is 9.47 Å². The van der Waals surface area contributed by atoms with Gasteiger partial charge in [0, 0.05) is 6.07 Å². The highest BCUT2D eigenvalue weighted by atomic mass is 35.5. The van der Waals surface area contributed by atoms with Crippen LogP contribution in [0.2, 0.25) is 0 Å². The summed E-state index contributed by atoms with van der Waals surface area (Å²) in [4.78, 5) is 8.18. The van der Waals surface area contributed by atoms with Crippen molar-refractivity contribution in [1.29, 1.82) is 0 Å². The summed E-state index contributed by atoms with van der Waals surface area (Å²) < 4.78 is 10.6. The van der Waals surface area contributed by atoms with Gasteiger partial charge >= 0.3 is 0 Å². The quantitative estimate of drug-likeness (QED) is 0.783. The van der Waals surface area contributed by atoms with Crippen LogP contribution in [0.25, 0.3) is 0 Å². The predicted octanol–water partition coefficient (Wildman–Crippen LogP) is 3.02. The molecule has 0 aliphatic heterocycles. The zero-order valence-electron chi connectivity index (χ0n) is 9.26. The minimum absolute atomic E-state index is 0.340. The number of ether oxygens (including phenoxy) is 2. The molecule has 1 aromatic carbocycles. The summed E-state index contributed by atoms with van der Waals surface area (Å²) >= 11 is 5.62. The van der Waals surface area contributed by atoms with Gasteiger partial charge in [0.05, 0.1) is 31.1 Å². The van der Waals surface area contributed by atoms with Crippen molar-refractivity contribution in [2.24, 2.45) is 0 Å². The Balaban J connectivity index is 2.13. The zero-order valence-corrected chi connectivity index (χ0v) is 10.0. The molecule has 4 nitrogen and oxygen atoms in total. The van der Waals surface area contributed by atoms with E-state index in [-0.39, 0.29) is 0 Å².